The number of aromatic carboxylic acids is 1. The number of nitro benzene ring substituents is 1. The molecule has 0 saturated carbocycles. The summed E-state index contributed by atoms with van der Waals surface area (Å²) in [4.78, 5) is 20.5. The summed E-state index contributed by atoms with van der Waals surface area (Å²) < 4.78 is 0. The van der Waals surface area contributed by atoms with Crippen LogP contribution in [0, 0.1) is 17.0 Å². The van der Waals surface area contributed by atoms with E-state index < -0.39 is 16.6 Å². The average molecular weight is 231 g/mol. The lowest BCUT2D eigenvalue weighted by atomic mass is 10.1. The van der Waals surface area contributed by atoms with Gasteiger partial charge in [0.2, 0.25) is 0 Å². The molecule has 1 rings (SSSR count). The molecular weight excluding hydrogens is 224 g/mol. The van der Waals surface area contributed by atoms with Crippen LogP contribution >= 0.6 is 11.6 Å². The van der Waals surface area contributed by atoms with E-state index in [1.54, 1.807) is 0 Å². The van der Waals surface area contributed by atoms with Crippen molar-refractivity contribution in [2.24, 2.45) is 0 Å². The molecule has 0 fully saturated rings. The monoisotopic (exact) mass is 230 g/mol. The van der Waals surface area contributed by atoms with E-state index in [-0.39, 0.29) is 21.8 Å². The van der Waals surface area contributed by atoms with Crippen molar-refractivity contribution in [1.82, 2.24) is 0 Å². The molecule has 0 saturated heterocycles. The number of halogens is 1. The molecule has 0 unspecified atom stereocenters. The van der Waals surface area contributed by atoms with Crippen molar-refractivity contribution < 1.29 is 14.8 Å². The fraction of sp³-hybridized carbons (Fsp3) is 0.125. The first-order chi connectivity index (χ1) is 6.86. The van der Waals surface area contributed by atoms with Crippen molar-refractivity contribution in [2.45, 2.75) is 6.92 Å². The number of hydrogen-bond donors (Lipinski definition) is 2. The normalized spacial score (nSPS) is 10.0. The van der Waals surface area contributed by atoms with Crippen LogP contribution < -0.4 is 5.73 Å². The third-order valence-electron chi connectivity index (χ3n) is 1.95. The van der Waals surface area contributed by atoms with Gasteiger partial charge in [0.1, 0.15) is 5.69 Å². The molecule has 0 aliphatic rings. The number of nitro groups is 1. The van der Waals surface area contributed by atoms with E-state index in [0.29, 0.717) is 0 Å². The van der Waals surface area contributed by atoms with Gasteiger partial charge in [0.05, 0.1) is 15.5 Å². The molecule has 15 heavy (non-hydrogen) atoms. The molecule has 0 amide bonds. The molecule has 1 aromatic carbocycles. The molecule has 0 bridgehead atoms. The maximum atomic E-state index is 10.7. The molecule has 7 heteroatoms. The third kappa shape index (κ3) is 1.84. The van der Waals surface area contributed by atoms with Gasteiger partial charge < -0.3 is 10.8 Å². The van der Waals surface area contributed by atoms with Crippen LogP contribution in [-0.4, -0.2) is 16.0 Å². The minimum Gasteiger partial charge on any atom is -0.478 e. The van der Waals surface area contributed by atoms with Crippen LogP contribution in [0.25, 0.3) is 0 Å². The second kappa shape index (κ2) is 3.74. The van der Waals surface area contributed by atoms with Crippen LogP contribution in [0.15, 0.2) is 6.07 Å². The van der Waals surface area contributed by atoms with Crippen LogP contribution in [-0.2, 0) is 0 Å². The summed E-state index contributed by atoms with van der Waals surface area (Å²) in [5.74, 6) is -1.28. The largest absolute Gasteiger partial charge is 0.478 e. The van der Waals surface area contributed by atoms with Gasteiger partial charge >= 0.3 is 5.97 Å². The summed E-state index contributed by atoms with van der Waals surface area (Å²) in [6, 6.07) is 0.902. The Bertz CT molecular complexity index is 420. The molecule has 0 spiro atoms. The zero-order chi connectivity index (χ0) is 11.7. The first-order valence-corrected chi connectivity index (χ1v) is 4.20. The number of anilines is 1. The van der Waals surface area contributed by atoms with E-state index in [1.165, 1.54) is 6.92 Å². The van der Waals surface area contributed by atoms with Crippen molar-refractivity contribution in [2.75, 3.05) is 5.73 Å². The van der Waals surface area contributed by atoms with Crippen LogP contribution in [0.1, 0.15) is 15.9 Å². The molecule has 0 aromatic heterocycles. The van der Waals surface area contributed by atoms with Gasteiger partial charge in [-0.3, -0.25) is 10.1 Å². The minimum absolute atomic E-state index is 0.0957. The molecule has 3 N–H and O–H groups in total. The number of hydrogen-bond acceptors (Lipinski definition) is 4. The standard InChI is InChI=1S/C8H7ClN2O4/c1-3-4(8(12)13)2-5(11(14)15)7(10)6(3)9/h2H,10H2,1H3,(H,12,13). The smallest absolute Gasteiger partial charge is 0.336 e. The van der Waals surface area contributed by atoms with Gasteiger partial charge in [-0.2, -0.15) is 0 Å². The second-order valence-electron chi connectivity index (χ2n) is 2.86. The van der Waals surface area contributed by atoms with E-state index in [4.69, 9.17) is 22.4 Å². The fourth-order valence-corrected chi connectivity index (χ4v) is 1.33. The first kappa shape index (κ1) is 11.3. The molecule has 0 radical (unpaired) electrons. The number of nitrogens with zero attached hydrogens (tertiary/aromatic N) is 1. The molecule has 80 valence electrons. The highest BCUT2D eigenvalue weighted by Crippen LogP contribution is 2.34. The summed E-state index contributed by atoms with van der Waals surface area (Å²) in [6.07, 6.45) is 0. The predicted octanol–water partition coefficient (Wildman–Crippen LogP) is 1.84. The highest BCUT2D eigenvalue weighted by atomic mass is 35.5. The van der Waals surface area contributed by atoms with Gasteiger partial charge in [-0.1, -0.05) is 11.6 Å². The summed E-state index contributed by atoms with van der Waals surface area (Å²) in [6.45, 7) is 1.44. The zero-order valence-electron chi connectivity index (χ0n) is 7.65. The van der Waals surface area contributed by atoms with Crippen LogP contribution in [0.3, 0.4) is 0 Å². The Morgan fingerprint density at radius 3 is 2.60 bits per heavy atom. The van der Waals surface area contributed by atoms with Crippen LogP contribution in [0.5, 0.6) is 0 Å². The van der Waals surface area contributed by atoms with E-state index in [1.807, 2.05) is 0 Å². The maximum absolute atomic E-state index is 10.7. The summed E-state index contributed by atoms with van der Waals surface area (Å²) in [7, 11) is 0. The van der Waals surface area contributed by atoms with E-state index in [0.717, 1.165) is 6.07 Å². The predicted molar refractivity (Wildman–Crippen MR) is 54.2 cm³/mol. The summed E-state index contributed by atoms with van der Waals surface area (Å²) in [5, 5.41) is 19.2. The Balaban J connectivity index is 3.59. The Morgan fingerprint density at radius 2 is 2.20 bits per heavy atom. The van der Waals surface area contributed by atoms with Crippen molar-refractivity contribution in [3.63, 3.8) is 0 Å². The number of carboxylic acid groups (broad SMARTS) is 1. The Kier molecular flexibility index (Phi) is 2.81. The van der Waals surface area contributed by atoms with E-state index in [9.17, 15) is 14.9 Å². The summed E-state index contributed by atoms with van der Waals surface area (Å²) in [5.41, 5.74) is 4.66. The van der Waals surface area contributed by atoms with Crippen molar-refractivity contribution >= 4 is 28.9 Å². The fourth-order valence-electron chi connectivity index (χ4n) is 1.13. The Labute approximate surface area is 89.4 Å². The number of nitrogens with two attached hydrogens (primary N) is 1. The van der Waals surface area contributed by atoms with Crippen molar-refractivity contribution in [1.29, 1.82) is 0 Å². The average Bonchev–Trinajstić information content (AvgIpc) is 2.13. The zero-order valence-corrected chi connectivity index (χ0v) is 8.41. The number of benzene rings is 1. The highest BCUT2D eigenvalue weighted by molar-refractivity contribution is 6.34. The van der Waals surface area contributed by atoms with E-state index >= 15 is 0 Å². The lowest BCUT2D eigenvalue weighted by Gasteiger charge is -2.06. The highest BCUT2D eigenvalue weighted by Gasteiger charge is 2.22. The lowest BCUT2D eigenvalue weighted by Crippen LogP contribution is -2.05. The minimum atomic E-state index is -1.28. The van der Waals surface area contributed by atoms with Gasteiger partial charge in [-0.25, -0.2) is 4.79 Å². The number of nitrogen functional groups attached to an aromatic ring is 1. The molecule has 0 aliphatic carbocycles. The third-order valence-corrected chi connectivity index (χ3v) is 2.44. The SMILES string of the molecule is Cc1c(C(=O)O)cc([N+](=O)[O-])c(N)c1Cl. The van der Waals surface area contributed by atoms with Gasteiger partial charge in [0.15, 0.2) is 0 Å². The quantitative estimate of drug-likeness (QED) is 0.458. The molecule has 0 aliphatic heterocycles. The van der Waals surface area contributed by atoms with Crippen molar-refractivity contribution in [3.8, 4) is 0 Å². The summed E-state index contributed by atoms with van der Waals surface area (Å²) >= 11 is 5.68. The molecule has 0 atom stereocenters. The Hall–Kier alpha value is -1.82. The number of rotatable bonds is 2. The first-order valence-electron chi connectivity index (χ1n) is 3.82. The van der Waals surface area contributed by atoms with Gasteiger partial charge in [-0.15, -0.1) is 0 Å². The topological polar surface area (TPSA) is 106 Å². The van der Waals surface area contributed by atoms with Gasteiger partial charge in [-0.05, 0) is 12.5 Å². The lowest BCUT2D eigenvalue weighted by molar-refractivity contribution is -0.383. The molecule has 6 nitrogen and oxygen atoms in total. The van der Waals surface area contributed by atoms with Crippen LogP contribution in [0.4, 0.5) is 11.4 Å². The van der Waals surface area contributed by atoms with E-state index in [2.05, 4.69) is 0 Å². The van der Waals surface area contributed by atoms with Gasteiger partial charge in [0.25, 0.3) is 5.69 Å². The van der Waals surface area contributed by atoms with Gasteiger partial charge in [0, 0.05) is 6.07 Å². The maximum Gasteiger partial charge on any atom is 0.336 e. The van der Waals surface area contributed by atoms with Crippen LogP contribution in [0.2, 0.25) is 5.02 Å². The molecular formula is C8H7ClN2O4. The number of carbonyl (C=O) groups is 1. The Morgan fingerprint density at radius 1 is 1.67 bits per heavy atom. The number of carboxylic acids is 1. The second-order valence-corrected chi connectivity index (χ2v) is 3.24. The molecule has 0 heterocycles. The molecule has 1 aromatic rings. The van der Waals surface area contributed by atoms with Crippen molar-refractivity contribution in [3.05, 3.63) is 32.3 Å².